The average molecular weight is 459 g/mol. The summed E-state index contributed by atoms with van der Waals surface area (Å²) in [6.07, 6.45) is 1.98. The van der Waals surface area contributed by atoms with E-state index in [4.69, 9.17) is 15.8 Å². The van der Waals surface area contributed by atoms with Crippen LogP contribution in [0.25, 0.3) is 10.9 Å². The third-order valence-corrected chi connectivity index (χ3v) is 6.19. The Morgan fingerprint density at radius 3 is 2.68 bits per heavy atom. The highest BCUT2D eigenvalue weighted by Gasteiger charge is 2.31. The molecule has 1 N–H and O–H groups in total. The Bertz CT molecular complexity index is 1110. The zero-order valence-electron chi connectivity index (χ0n) is 17.3. The standard InChI is InChI=1S/C22H23ClN4O3S/c1-14-18(21(28)24-13-31-30-2)7-8-20-19(14)12-27(25-20)11-15-9-26(10-15)22(29)16-3-5-17(23)6-4-16/h3-8,12,15H,9-11,13H2,1-2H3,(H,24,28). The topological polar surface area (TPSA) is 76.5 Å². The monoisotopic (exact) mass is 458 g/mol. The molecule has 1 aliphatic rings. The maximum Gasteiger partial charge on any atom is 0.253 e. The Balaban J connectivity index is 1.38. The molecule has 0 atom stereocenters. The molecule has 4 rings (SSSR count). The second kappa shape index (κ2) is 9.30. The fraction of sp³-hybridized carbons (Fsp3) is 0.318. The van der Waals surface area contributed by atoms with E-state index in [1.165, 1.54) is 12.0 Å². The second-order valence-electron chi connectivity index (χ2n) is 7.54. The van der Waals surface area contributed by atoms with Gasteiger partial charge in [0.25, 0.3) is 11.8 Å². The van der Waals surface area contributed by atoms with Crippen molar-refractivity contribution in [2.75, 3.05) is 26.1 Å². The summed E-state index contributed by atoms with van der Waals surface area (Å²) >= 11 is 7.07. The number of likely N-dealkylation sites (tertiary alicyclic amines) is 1. The van der Waals surface area contributed by atoms with E-state index in [1.807, 2.05) is 28.8 Å². The Hall–Kier alpha value is -2.55. The molecule has 7 nitrogen and oxygen atoms in total. The maximum absolute atomic E-state index is 12.5. The first-order valence-electron chi connectivity index (χ1n) is 9.91. The van der Waals surface area contributed by atoms with Crippen LogP contribution in [0.4, 0.5) is 0 Å². The fourth-order valence-electron chi connectivity index (χ4n) is 3.76. The van der Waals surface area contributed by atoms with Crippen LogP contribution in [-0.4, -0.2) is 52.6 Å². The lowest BCUT2D eigenvalue weighted by molar-refractivity contribution is 0.0462. The van der Waals surface area contributed by atoms with Crippen LogP contribution in [0, 0.1) is 12.8 Å². The fourth-order valence-corrected chi connectivity index (χ4v) is 4.19. The Kier molecular flexibility index (Phi) is 6.50. The first-order chi connectivity index (χ1) is 15.0. The quantitative estimate of drug-likeness (QED) is 0.331. The van der Waals surface area contributed by atoms with Gasteiger partial charge in [0.2, 0.25) is 0 Å². The largest absolute Gasteiger partial charge is 0.341 e. The van der Waals surface area contributed by atoms with E-state index in [0.29, 0.717) is 41.0 Å². The van der Waals surface area contributed by atoms with Crippen LogP contribution in [0.2, 0.25) is 5.02 Å². The molecule has 1 fully saturated rings. The molecule has 2 heterocycles. The van der Waals surface area contributed by atoms with Gasteiger partial charge < -0.3 is 14.4 Å². The number of hydrogen-bond acceptors (Lipinski definition) is 5. The van der Waals surface area contributed by atoms with Crippen molar-refractivity contribution in [2.24, 2.45) is 5.92 Å². The highest BCUT2D eigenvalue weighted by Crippen LogP contribution is 2.24. The van der Waals surface area contributed by atoms with Gasteiger partial charge in [-0.05, 0) is 48.9 Å². The van der Waals surface area contributed by atoms with Crippen LogP contribution < -0.4 is 5.32 Å². The van der Waals surface area contributed by atoms with Crippen molar-refractivity contribution in [1.82, 2.24) is 20.0 Å². The lowest BCUT2D eigenvalue weighted by atomic mass is 9.99. The van der Waals surface area contributed by atoms with Crippen molar-refractivity contribution >= 4 is 46.4 Å². The molecule has 1 aromatic heterocycles. The van der Waals surface area contributed by atoms with Gasteiger partial charge >= 0.3 is 0 Å². The lowest BCUT2D eigenvalue weighted by Gasteiger charge is -2.39. The number of carbonyl (C=O) groups is 2. The number of carbonyl (C=O) groups excluding carboxylic acids is 2. The van der Waals surface area contributed by atoms with Gasteiger partial charge in [-0.2, -0.15) is 5.10 Å². The average Bonchev–Trinajstić information content (AvgIpc) is 3.14. The molecule has 0 aliphatic carbocycles. The van der Waals surface area contributed by atoms with Crippen molar-refractivity contribution in [3.63, 3.8) is 0 Å². The Labute approximate surface area is 189 Å². The van der Waals surface area contributed by atoms with Gasteiger partial charge in [-0.15, -0.1) is 0 Å². The molecule has 162 valence electrons. The molecule has 0 radical (unpaired) electrons. The van der Waals surface area contributed by atoms with Crippen LogP contribution in [0.3, 0.4) is 0 Å². The van der Waals surface area contributed by atoms with Crippen molar-refractivity contribution < 1.29 is 13.8 Å². The summed E-state index contributed by atoms with van der Waals surface area (Å²) in [7, 11) is 1.57. The van der Waals surface area contributed by atoms with Gasteiger partial charge in [0.15, 0.2) is 0 Å². The number of aryl methyl sites for hydroxylation is 1. The summed E-state index contributed by atoms with van der Waals surface area (Å²) in [5.41, 5.74) is 3.04. The van der Waals surface area contributed by atoms with Crippen LogP contribution in [-0.2, 0) is 10.7 Å². The number of nitrogens with zero attached hydrogens (tertiary/aromatic N) is 3. The zero-order valence-corrected chi connectivity index (χ0v) is 18.9. The third-order valence-electron chi connectivity index (χ3n) is 5.44. The van der Waals surface area contributed by atoms with E-state index in [-0.39, 0.29) is 11.8 Å². The van der Waals surface area contributed by atoms with Crippen LogP contribution >= 0.6 is 23.6 Å². The summed E-state index contributed by atoms with van der Waals surface area (Å²) in [5, 5.41) is 9.05. The predicted molar refractivity (Wildman–Crippen MR) is 122 cm³/mol. The van der Waals surface area contributed by atoms with Gasteiger partial charge in [0, 0.05) is 65.3 Å². The third kappa shape index (κ3) is 4.71. The first-order valence-corrected chi connectivity index (χ1v) is 11.2. The number of fused-ring (bicyclic) bond motifs is 1. The molecule has 31 heavy (non-hydrogen) atoms. The minimum Gasteiger partial charge on any atom is -0.341 e. The highest BCUT2D eigenvalue weighted by molar-refractivity contribution is 7.94. The maximum atomic E-state index is 12.5. The number of aromatic nitrogens is 2. The summed E-state index contributed by atoms with van der Waals surface area (Å²) in [6, 6.07) is 10.6. The van der Waals surface area contributed by atoms with Crippen molar-refractivity contribution in [3.8, 4) is 0 Å². The van der Waals surface area contributed by atoms with E-state index in [2.05, 4.69) is 10.4 Å². The molecule has 1 aliphatic heterocycles. The number of rotatable bonds is 7. The number of halogens is 1. The summed E-state index contributed by atoms with van der Waals surface area (Å²) < 4.78 is 6.81. The highest BCUT2D eigenvalue weighted by atomic mass is 35.5. The summed E-state index contributed by atoms with van der Waals surface area (Å²) in [4.78, 5) is 26.8. The molecule has 1 saturated heterocycles. The van der Waals surface area contributed by atoms with Crippen LogP contribution in [0.1, 0.15) is 26.3 Å². The number of nitrogens with one attached hydrogen (secondary N) is 1. The van der Waals surface area contributed by atoms with Gasteiger partial charge in [0.1, 0.15) is 0 Å². The minimum absolute atomic E-state index is 0.0247. The lowest BCUT2D eigenvalue weighted by Crippen LogP contribution is -2.51. The van der Waals surface area contributed by atoms with E-state index < -0.39 is 0 Å². The van der Waals surface area contributed by atoms with Crippen LogP contribution in [0.15, 0.2) is 42.6 Å². The van der Waals surface area contributed by atoms with E-state index in [9.17, 15) is 9.59 Å². The molecular weight excluding hydrogens is 436 g/mol. The molecule has 0 spiro atoms. The molecule has 0 bridgehead atoms. The molecule has 9 heteroatoms. The SMILES string of the molecule is COSCNC(=O)c1ccc2nn(CC3CN(C(=O)c4ccc(Cl)cc4)C3)cc2c1C. The number of amides is 2. The zero-order chi connectivity index (χ0) is 22.0. The smallest absolute Gasteiger partial charge is 0.253 e. The first kappa shape index (κ1) is 21.7. The molecule has 0 unspecified atom stereocenters. The molecule has 3 aromatic rings. The molecular formula is C22H23ClN4O3S. The number of hydrogen-bond donors (Lipinski definition) is 1. The van der Waals surface area contributed by atoms with Crippen molar-refractivity contribution in [3.05, 3.63) is 64.3 Å². The second-order valence-corrected chi connectivity index (χ2v) is 8.83. The predicted octanol–water partition coefficient (Wildman–Crippen LogP) is 3.75. The minimum atomic E-state index is -0.132. The normalized spacial score (nSPS) is 14.0. The van der Waals surface area contributed by atoms with Gasteiger partial charge in [-0.3, -0.25) is 14.3 Å². The summed E-state index contributed by atoms with van der Waals surface area (Å²) in [6.45, 7) is 4.05. The summed E-state index contributed by atoms with van der Waals surface area (Å²) in [5.74, 6) is 0.627. The Morgan fingerprint density at radius 1 is 1.23 bits per heavy atom. The Morgan fingerprint density at radius 2 is 1.97 bits per heavy atom. The molecule has 2 aromatic carbocycles. The van der Waals surface area contributed by atoms with Crippen molar-refractivity contribution in [1.29, 1.82) is 0 Å². The van der Waals surface area contributed by atoms with Gasteiger partial charge in [-0.1, -0.05) is 11.6 Å². The van der Waals surface area contributed by atoms with Gasteiger partial charge in [0.05, 0.1) is 18.5 Å². The van der Waals surface area contributed by atoms with Gasteiger partial charge in [-0.25, -0.2) is 0 Å². The molecule has 0 saturated carbocycles. The van der Waals surface area contributed by atoms with E-state index in [0.717, 1.165) is 23.0 Å². The number of benzene rings is 2. The van der Waals surface area contributed by atoms with E-state index >= 15 is 0 Å². The van der Waals surface area contributed by atoms with Crippen LogP contribution in [0.5, 0.6) is 0 Å². The molecule has 2 amide bonds. The van der Waals surface area contributed by atoms with E-state index in [1.54, 1.807) is 37.4 Å². The van der Waals surface area contributed by atoms with Crippen molar-refractivity contribution in [2.45, 2.75) is 13.5 Å².